The zero-order valence-corrected chi connectivity index (χ0v) is 13.2. The Morgan fingerprint density at radius 3 is 2.00 bits per heavy atom. The van der Waals surface area contributed by atoms with Crippen LogP contribution < -0.4 is 5.06 Å². The molecular formula is C15H16NNaO3S2. The van der Waals surface area contributed by atoms with Gasteiger partial charge >= 0.3 is 29.6 Å². The van der Waals surface area contributed by atoms with Crippen molar-refractivity contribution >= 4 is 62.8 Å². The summed E-state index contributed by atoms with van der Waals surface area (Å²) in [5.41, 5.74) is 1.50. The molecule has 0 amide bonds. The van der Waals surface area contributed by atoms with E-state index in [4.69, 9.17) is 4.28 Å². The number of anilines is 2. The molecule has 0 radical (unpaired) electrons. The van der Waals surface area contributed by atoms with E-state index in [1.165, 1.54) is 5.06 Å². The summed E-state index contributed by atoms with van der Waals surface area (Å²) in [5, 5.41) is 1.42. The van der Waals surface area contributed by atoms with Gasteiger partial charge in [0.15, 0.2) is 0 Å². The Hall–Kier alpha value is -0.500. The van der Waals surface area contributed by atoms with E-state index >= 15 is 0 Å². The van der Waals surface area contributed by atoms with Crippen molar-refractivity contribution in [3.63, 3.8) is 0 Å². The van der Waals surface area contributed by atoms with Crippen molar-refractivity contribution in [1.29, 1.82) is 0 Å². The molecule has 1 aliphatic rings. The first kappa shape index (κ1) is 17.8. The molecule has 0 unspecified atom stereocenters. The average Bonchev–Trinajstić information content (AvgIpc) is 2.47. The molecule has 2 aromatic rings. The van der Waals surface area contributed by atoms with Crippen LogP contribution in [0.2, 0.25) is 0 Å². The summed E-state index contributed by atoms with van der Waals surface area (Å²) < 4.78 is 29.5. The molecule has 7 heteroatoms. The Bertz CT molecular complexity index is 719. The van der Waals surface area contributed by atoms with E-state index in [2.05, 4.69) is 0 Å². The number of fused-ring (bicyclic) bond motifs is 2. The summed E-state index contributed by atoms with van der Waals surface area (Å²) in [4.78, 5) is 1.95. The van der Waals surface area contributed by atoms with Crippen LogP contribution in [0, 0.1) is 0 Å². The predicted molar refractivity (Wildman–Crippen MR) is 91.5 cm³/mol. The second-order valence-electron chi connectivity index (χ2n) is 4.67. The van der Waals surface area contributed by atoms with Crippen molar-refractivity contribution in [2.75, 3.05) is 10.8 Å². The van der Waals surface area contributed by atoms with Crippen molar-refractivity contribution in [1.82, 2.24) is 0 Å². The van der Waals surface area contributed by atoms with Gasteiger partial charge in [0.1, 0.15) is 0 Å². The predicted octanol–water partition coefficient (Wildman–Crippen LogP) is 3.31. The number of rotatable bonds is 4. The molecule has 0 aliphatic carbocycles. The van der Waals surface area contributed by atoms with Crippen LogP contribution in [0.4, 0.5) is 11.4 Å². The van der Waals surface area contributed by atoms with Crippen molar-refractivity contribution in [2.45, 2.75) is 23.1 Å². The molecule has 4 nitrogen and oxygen atoms in total. The van der Waals surface area contributed by atoms with Gasteiger partial charge in [-0.25, -0.2) is 5.06 Å². The molecule has 0 atom stereocenters. The second kappa shape index (κ2) is 7.38. The van der Waals surface area contributed by atoms with Gasteiger partial charge in [-0.15, -0.1) is 4.28 Å². The fourth-order valence-corrected chi connectivity index (χ4v) is 4.16. The third-order valence-corrected chi connectivity index (χ3v) is 5.44. The molecule has 112 valence electrons. The van der Waals surface area contributed by atoms with E-state index in [9.17, 15) is 8.42 Å². The van der Waals surface area contributed by atoms with E-state index in [0.717, 1.165) is 21.2 Å². The normalized spacial score (nSPS) is 13.0. The minimum atomic E-state index is -3.60. The first-order valence-electron chi connectivity index (χ1n) is 6.69. The van der Waals surface area contributed by atoms with Gasteiger partial charge < -0.3 is 0 Å². The third-order valence-electron chi connectivity index (χ3n) is 3.03. The quantitative estimate of drug-likeness (QED) is 0.796. The first-order valence-corrected chi connectivity index (χ1v) is 9.08. The molecule has 0 saturated carbocycles. The average molecular weight is 345 g/mol. The molecule has 0 saturated heterocycles. The molecule has 0 spiro atoms. The summed E-state index contributed by atoms with van der Waals surface area (Å²) in [5.74, 6) is 0.000969. The van der Waals surface area contributed by atoms with Crippen LogP contribution in [0.15, 0.2) is 58.3 Å². The van der Waals surface area contributed by atoms with E-state index in [-0.39, 0.29) is 35.3 Å². The van der Waals surface area contributed by atoms with Gasteiger partial charge in [-0.3, -0.25) is 0 Å². The zero-order chi connectivity index (χ0) is 14.9. The fourth-order valence-electron chi connectivity index (χ4n) is 2.15. The van der Waals surface area contributed by atoms with Crippen LogP contribution in [-0.4, -0.2) is 43.7 Å². The summed E-state index contributed by atoms with van der Waals surface area (Å²) in [6.45, 7) is 1.81. The summed E-state index contributed by atoms with van der Waals surface area (Å²) in [7, 11) is -3.60. The Morgan fingerprint density at radius 2 is 1.50 bits per heavy atom. The van der Waals surface area contributed by atoms with E-state index in [0.29, 0.717) is 6.42 Å². The molecule has 22 heavy (non-hydrogen) atoms. The molecule has 0 bridgehead atoms. The molecule has 1 heterocycles. The van der Waals surface area contributed by atoms with Crippen molar-refractivity contribution in [3.8, 4) is 0 Å². The number of para-hydroxylation sites is 2. The van der Waals surface area contributed by atoms with Gasteiger partial charge in [-0.05, 0) is 30.7 Å². The van der Waals surface area contributed by atoms with E-state index in [1.807, 2.05) is 55.5 Å². The zero-order valence-electron chi connectivity index (χ0n) is 11.5. The summed E-state index contributed by atoms with van der Waals surface area (Å²) >= 11 is 1.61. The van der Waals surface area contributed by atoms with Crippen molar-refractivity contribution in [2.24, 2.45) is 0 Å². The molecule has 2 aromatic carbocycles. The molecule has 1 aliphatic heterocycles. The van der Waals surface area contributed by atoms with Crippen LogP contribution in [-0.2, 0) is 14.4 Å². The molecule has 0 fully saturated rings. The second-order valence-corrected chi connectivity index (χ2v) is 7.42. The number of hydrogen-bond donors (Lipinski definition) is 0. The van der Waals surface area contributed by atoms with Crippen LogP contribution >= 0.6 is 11.8 Å². The fraction of sp³-hybridized carbons (Fsp3) is 0.200. The van der Waals surface area contributed by atoms with E-state index < -0.39 is 10.1 Å². The van der Waals surface area contributed by atoms with E-state index in [1.54, 1.807) is 11.8 Å². The Balaban J connectivity index is 0.00000176. The van der Waals surface area contributed by atoms with Crippen molar-refractivity contribution in [3.05, 3.63) is 48.5 Å². The van der Waals surface area contributed by atoms with Gasteiger partial charge in [0.25, 0.3) is 10.1 Å². The monoisotopic (exact) mass is 345 g/mol. The standard InChI is InChI=1S/C15H15NO3S2.Na.H/c1-2-11-21(17,18)19-16-12-7-3-5-9-14(12)20-15-10-6-4-8-13(15)16;;/h3-10H,2,11H2,1H3;;. The SMILES string of the molecule is CCCS(=O)(=O)ON1c2ccccc2Sc2ccccc21.[NaH]. The maximum absolute atomic E-state index is 12.0. The summed E-state index contributed by atoms with van der Waals surface area (Å²) in [6.07, 6.45) is 0.522. The van der Waals surface area contributed by atoms with Crippen molar-refractivity contribution < 1.29 is 12.7 Å². The Labute approximate surface area is 157 Å². The summed E-state index contributed by atoms with van der Waals surface area (Å²) in [6, 6.07) is 15.2. The van der Waals surface area contributed by atoms with Gasteiger partial charge in [-0.2, -0.15) is 8.42 Å². The number of nitrogens with zero attached hydrogens (tertiary/aromatic N) is 1. The first-order chi connectivity index (χ1) is 10.1. The van der Waals surface area contributed by atoms with Crippen LogP contribution in [0.5, 0.6) is 0 Å². The Kier molecular flexibility index (Phi) is 5.99. The number of benzene rings is 2. The van der Waals surface area contributed by atoms with Crippen LogP contribution in [0.1, 0.15) is 13.3 Å². The minimum absolute atomic E-state index is 0. The number of hydrogen-bond acceptors (Lipinski definition) is 5. The molecular weight excluding hydrogens is 329 g/mol. The van der Waals surface area contributed by atoms with Crippen LogP contribution in [0.3, 0.4) is 0 Å². The third kappa shape index (κ3) is 3.69. The topological polar surface area (TPSA) is 46.6 Å². The van der Waals surface area contributed by atoms with Gasteiger partial charge in [0.05, 0.1) is 17.1 Å². The van der Waals surface area contributed by atoms with Gasteiger partial charge in [0.2, 0.25) is 0 Å². The maximum atomic E-state index is 12.0. The van der Waals surface area contributed by atoms with Crippen LogP contribution in [0.25, 0.3) is 0 Å². The molecule has 0 aromatic heterocycles. The molecule has 3 rings (SSSR count). The van der Waals surface area contributed by atoms with Gasteiger partial charge in [0, 0.05) is 9.79 Å². The molecule has 0 N–H and O–H groups in total. The Morgan fingerprint density at radius 1 is 1.00 bits per heavy atom. The van der Waals surface area contributed by atoms with Gasteiger partial charge in [-0.1, -0.05) is 43.0 Å².